The summed E-state index contributed by atoms with van der Waals surface area (Å²) < 4.78 is 21.1. The van der Waals surface area contributed by atoms with Gasteiger partial charge in [-0.1, -0.05) is 12.8 Å². The molecule has 8 nitrogen and oxygen atoms in total. The molecule has 0 aliphatic heterocycles. The van der Waals surface area contributed by atoms with E-state index in [9.17, 15) is 9.59 Å². The zero-order valence-corrected chi connectivity index (χ0v) is 17.8. The third-order valence-corrected chi connectivity index (χ3v) is 6.00. The molecule has 1 rings (SSSR count). The minimum atomic E-state index is -0.792. The molecule has 3 amide bonds. The van der Waals surface area contributed by atoms with Gasteiger partial charge in [-0.2, -0.15) is 0 Å². The third-order valence-electron chi connectivity index (χ3n) is 6.00. The Morgan fingerprint density at radius 1 is 1.00 bits per heavy atom. The van der Waals surface area contributed by atoms with Crippen molar-refractivity contribution in [1.82, 2.24) is 5.32 Å². The Bertz CT molecular complexity index is 468. The van der Waals surface area contributed by atoms with E-state index in [2.05, 4.69) is 5.32 Å². The molecular formula is C20H38N2O6. The minimum absolute atomic E-state index is 0.193. The van der Waals surface area contributed by atoms with E-state index < -0.39 is 11.4 Å². The Balaban J connectivity index is 2.86. The van der Waals surface area contributed by atoms with E-state index in [1.54, 1.807) is 28.4 Å². The molecule has 0 spiro atoms. The highest BCUT2D eigenvalue weighted by atomic mass is 16.7. The first-order valence-electron chi connectivity index (χ1n) is 10.2. The first-order valence-corrected chi connectivity index (χ1v) is 10.2. The number of hydrogen-bond donors (Lipinski definition) is 2. The number of carbonyl (C=O) groups is 2. The number of ether oxygens (including phenoxy) is 4. The molecular weight excluding hydrogens is 364 g/mol. The molecule has 3 N–H and O–H groups in total. The number of nitrogens with one attached hydrogen (secondary N) is 1. The molecule has 2 atom stereocenters. The summed E-state index contributed by atoms with van der Waals surface area (Å²) >= 11 is 0. The molecule has 0 aromatic rings. The van der Waals surface area contributed by atoms with Crippen molar-refractivity contribution in [1.29, 1.82) is 0 Å². The van der Waals surface area contributed by atoms with E-state index in [0.29, 0.717) is 12.8 Å². The normalized spacial score (nSPS) is 22.6. The van der Waals surface area contributed by atoms with Gasteiger partial charge in [0, 0.05) is 28.4 Å². The highest BCUT2D eigenvalue weighted by molar-refractivity contribution is 5.96. The molecule has 1 fully saturated rings. The van der Waals surface area contributed by atoms with Crippen LogP contribution in [0.5, 0.6) is 0 Å². The van der Waals surface area contributed by atoms with Crippen LogP contribution in [0.1, 0.15) is 64.2 Å². The number of urea groups is 1. The predicted molar refractivity (Wildman–Crippen MR) is 105 cm³/mol. The van der Waals surface area contributed by atoms with Crippen molar-refractivity contribution < 1.29 is 28.5 Å². The minimum Gasteiger partial charge on any atom is -0.356 e. The van der Waals surface area contributed by atoms with Crippen molar-refractivity contribution in [3.8, 4) is 0 Å². The van der Waals surface area contributed by atoms with E-state index in [1.165, 1.54) is 0 Å². The molecule has 164 valence electrons. The van der Waals surface area contributed by atoms with Crippen molar-refractivity contribution in [2.45, 2.75) is 76.8 Å². The van der Waals surface area contributed by atoms with Crippen LogP contribution in [0.25, 0.3) is 0 Å². The summed E-state index contributed by atoms with van der Waals surface area (Å²) in [6, 6.07) is -0.792. The monoisotopic (exact) mass is 402 g/mol. The average Bonchev–Trinajstić information content (AvgIpc) is 2.69. The Morgan fingerprint density at radius 3 is 2.11 bits per heavy atom. The maximum Gasteiger partial charge on any atom is 0.318 e. The van der Waals surface area contributed by atoms with Crippen LogP contribution in [0, 0.1) is 11.3 Å². The second-order valence-corrected chi connectivity index (χ2v) is 7.54. The maximum absolute atomic E-state index is 13.0. The van der Waals surface area contributed by atoms with E-state index in [-0.39, 0.29) is 24.4 Å². The van der Waals surface area contributed by atoms with Gasteiger partial charge in [0.25, 0.3) is 0 Å². The van der Waals surface area contributed by atoms with E-state index >= 15 is 0 Å². The molecule has 0 heterocycles. The largest absolute Gasteiger partial charge is 0.356 e. The SMILES string of the molecule is COC(CCCC1CCCCC1(CCCC(OC)OC)C(=O)NC(N)=O)OC. The lowest BCUT2D eigenvalue weighted by Crippen LogP contribution is -2.50. The van der Waals surface area contributed by atoms with Crippen LogP contribution in [0.4, 0.5) is 4.79 Å². The number of amides is 3. The number of carbonyl (C=O) groups excluding carboxylic acids is 2. The molecule has 1 aliphatic carbocycles. The zero-order valence-electron chi connectivity index (χ0n) is 17.8. The number of methoxy groups -OCH3 is 4. The van der Waals surface area contributed by atoms with Gasteiger partial charge in [-0.3, -0.25) is 10.1 Å². The molecule has 0 aromatic heterocycles. The number of imide groups is 1. The standard InChI is InChI=1S/C20H38N2O6/c1-25-16(26-2)11-7-10-15-9-5-6-13-20(15,18(23)22-19(21)24)14-8-12-17(27-3)28-4/h15-17H,5-14H2,1-4H3,(H3,21,22,23,24). The lowest BCUT2D eigenvalue weighted by Gasteiger charge is -2.43. The highest BCUT2D eigenvalue weighted by Gasteiger charge is 2.46. The Hall–Kier alpha value is -1.22. The molecule has 0 saturated heterocycles. The van der Waals surface area contributed by atoms with Crippen LogP contribution in [0.15, 0.2) is 0 Å². The Labute approximate surface area is 168 Å². The van der Waals surface area contributed by atoms with Crippen LogP contribution >= 0.6 is 0 Å². The third kappa shape index (κ3) is 7.31. The summed E-state index contributed by atoms with van der Waals surface area (Å²) in [7, 11) is 6.47. The van der Waals surface area contributed by atoms with Gasteiger partial charge in [0.2, 0.25) is 5.91 Å². The number of primary amides is 1. The second kappa shape index (κ2) is 13.1. The second-order valence-electron chi connectivity index (χ2n) is 7.54. The topological polar surface area (TPSA) is 109 Å². The van der Waals surface area contributed by atoms with Crippen molar-refractivity contribution in [2.24, 2.45) is 17.1 Å². The highest BCUT2D eigenvalue weighted by Crippen LogP contribution is 2.47. The van der Waals surface area contributed by atoms with Gasteiger partial charge in [-0.05, 0) is 57.3 Å². The predicted octanol–water partition coefficient (Wildman–Crippen LogP) is 2.94. The summed E-state index contributed by atoms with van der Waals surface area (Å²) in [6.07, 6.45) is 7.96. The van der Waals surface area contributed by atoms with Crippen molar-refractivity contribution in [3.63, 3.8) is 0 Å². The Kier molecular flexibility index (Phi) is 11.6. The fraction of sp³-hybridized carbons (Fsp3) is 0.900. The fourth-order valence-corrected chi connectivity index (χ4v) is 4.49. The van der Waals surface area contributed by atoms with E-state index in [1.807, 2.05) is 0 Å². The molecule has 2 unspecified atom stereocenters. The number of nitrogens with two attached hydrogens (primary N) is 1. The average molecular weight is 403 g/mol. The van der Waals surface area contributed by atoms with Gasteiger partial charge in [0.15, 0.2) is 12.6 Å². The molecule has 0 aromatic carbocycles. The molecule has 8 heteroatoms. The molecule has 28 heavy (non-hydrogen) atoms. The van der Waals surface area contributed by atoms with Gasteiger partial charge >= 0.3 is 6.03 Å². The smallest absolute Gasteiger partial charge is 0.318 e. The quantitative estimate of drug-likeness (QED) is 0.459. The fourth-order valence-electron chi connectivity index (χ4n) is 4.49. The van der Waals surface area contributed by atoms with Gasteiger partial charge < -0.3 is 24.7 Å². The lowest BCUT2D eigenvalue weighted by atomic mass is 9.61. The summed E-state index contributed by atoms with van der Waals surface area (Å²) in [4.78, 5) is 24.4. The van der Waals surface area contributed by atoms with Crippen molar-refractivity contribution in [2.75, 3.05) is 28.4 Å². The van der Waals surface area contributed by atoms with Gasteiger partial charge in [0.05, 0.1) is 5.41 Å². The van der Waals surface area contributed by atoms with Crippen LogP contribution in [-0.4, -0.2) is 53.0 Å². The molecule has 0 bridgehead atoms. The summed E-state index contributed by atoms with van der Waals surface area (Å²) in [5.41, 5.74) is 4.67. The van der Waals surface area contributed by atoms with Crippen LogP contribution in [-0.2, 0) is 23.7 Å². The molecule has 1 aliphatic rings. The van der Waals surface area contributed by atoms with Crippen molar-refractivity contribution >= 4 is 11.9 Å². The van der Waals surface area contributed by atoms with E-state index in [4.69, 9.17) is 24.7 Å². The first kappa shape index (κ1) is 24.8. The lowest BCUT2D eigenvalue weighted by molar-refractivity contribution is -0.138. The zero-order chi connectivity index (χ0) is 21.0. The molecule has 0 radical (unpaired) electrons. The molecule has 1 saturated carbocycles. The summed E-state index contributed by atoms with van der Waals surface area (Å²) in [5.74, 6) is -0.0513. The maximum atomic E-state index is 13.0. The van der Waals surface area contributed by atoms with Gasteiger partial charge in [0.1, 0.15) is 0 Å². The van der Waals surface area contributed by atoms with E-state index in [0.717, 1.165) is 51.4 Å². The van der Waals surface area contributed by atoms with Gasteiger partial charge in [-0.25, -0.2) is 4.79 Å². The number of hydrogen-bond acceptors (Lipinski definition) is 6. The van der Waals surface area contributed by atoms with Crippen LogP contribution in [0.3, 0.4) is 0 Å². The summed E-state index contributed by atoms with van der Waals surface area (Å²) in [5, 5.41) is 2.36. The summed E-state index contributed by atoms with van der Waals surface area (Å²) in [6.45, 7) is 0. The van der Waals surface area contributed by atoms with Crippen molar-refractivity contribution in [3.05, 3.63) is 0 Å². The van der Waals surface area contributed by atoms with Crippen LogP contribution in [0.2, 0.25) is 0 Å². The first-order chi connectivity index (χ1) is 13.4. The Morgan fingerprint density at radius 2 is 1.57 bits per heavy atom. The number of rotatable bonds is 13. The van der Waals surface area contributed by atoms with Gasteiger partial charge in [-0.15, -0.1) is 0 Å². The van der Waals surface area contributed by atoms with Crippen LogP contribution < -0.4 is 11.1 Å².